The Balaban J connectivity index is 1.99. The van der Waals surface area contributed by atoms with E-state index < -0.39 is 4.92 Å². The fraction of sp³-hybridized carbons (Fsp3) is 0.429. The molecule has 112 valence electrons. The monoisotopic (exact) mass is 306 g/mol. The van der Waals surface area contributed by atoms with Gasteiger partial charge in [-0.1, -0.05) is 37.7 Å². The van der Waals surface area contributed by atoms with Crippen molar-refractivity contribution in [2.45, 2.75) is 31.2 Å². The lowest BCUT2D eigenvalue weighted by Gasteiger charge is -2.05. The van der Waals surface area contributed by atoms with Crippen molar-refractivity contribution < 1.29 is 4.92 Å². The Kier molecular flexibility index (Phi) is 4.95. The second kappa shape index (κ2) is 6.71. The molecule has 1 aromatic carbocycles. The molecule has 0 aliphatic carbocycles. The standard InChI is InChI=1S/C14H18N4O2S/c1-10(2)8-13-15-16-14(17(13)3)21-9-11-4-6-12(7-5-11)18(19)20/h4-7,10H,8-9H2,1-3H3. The number of aromatic nitrogens is 3. The van der Waals surface area contributed by atoms with Gasteiger partial charge >= 0.3 is 0 Å². The molecule has 0 saturated carbocycles. The van der Waals surface area contributed by atoms with E-state index in [4.69, 9.17) is 0 Å². The number of rotatable bonds is 6. The first-order valence-corrected chi connectivity index (χ1v) is 7.70. The molecule has 0 amide bonds. The molecule has 0 fully saturated rings. The van der Waals surface area contributed by atoms with Gasteiger partial charge in [0.25, 0.3) is 5.69 Å². The molecule has 0 unspecified atom stereocenters. The van der Waals surface area contributed by atoms with Crippen LogP contribution in [0.4, 0.5) is 5.69 Å². The highest BCUT2D eigenvalue weighted by molar-refractivity contribution is 7.98. The van der Waals surface area contributed by atoms with Crippen molar-refractivity contribution >= 4 is 17.4 Å². The molecule has 6 nitrogen and oxygen atoms in total. The Bertz CT molecular complexity index is 622. The highest BCUT2D eigenvalue weighted by Crippen LogP contribution is 2.23. The van der Waals surface area contributed by atoms with E-state index in [2.05, 4.69) is 24.0 Å². The summed E-state index contributed by atoms with van der Waals surface area (Å²) in [6.07, 6.45) is 0.904. The molecule has 7 heteroatoms. The maximum Gasteiger partial charge on any atom is 0.269 e. The van der Waals surface area contributed by atoms with Gasteiger partial charge in [0, 0.05) is 31.4 Å². The summed E-state index contributed by atoms with van der Waals surface area (Å²) in [6, 6.07) is 6.60. The highest BCUT2D eigenvalue weighted by atomic mass is 32.2. The average molecular weight is 306 g/mol. The second-order valence-corrected chi connectivity index (χ2v) is 6.21. The minimum absolute atomic E-state index is 0.113. The molecule has 21 heavy (non-hydrogen) atoms. The van der Waals surface area contributed by atoms with Crippen molar-refractivity contribution in [2.75, 3.05) is 0 Å². The molecular weight excluding hydrogens is 288 g/mol. The van der Waals surface area contributed by atoms with E-state index in [0.29, 0.717) is 11.7 Å². The Morgan fingerprint density at radius 2 is 1.95 bits per heavy atom. The molecule has 0 radical (unpaired) electrons. The number of hydrogen-bond acceptors (Lipinski definition) is 5. The van der Waals surface area contributed by atoms with Gasteiger partial charge in [-0.25, -0.2) is 0 Å². The number of nitro groups is 1. The third-order valence-corrected chi connectivity index (χ3v) is 4.12. The third kappa shape index (κ3) is 4.04. The van der Waals surface area contributed by atoms with Crippen molar-refractivity contribution in [2.24, 2.45) is 13.0 Å². The van der Waals surface area contributed by atoms with E-state index in [1.54, 1.807) is 23.9 Å². The molecule has 0 N–H and O–H groups in total. The zero-order valence-electron chi connectivity index (χ0n) is 12.3. The molecule has 0 aliphatic rings. The average Bonchev–Trinajstić information content (AvgIpc) is 2.77. The van der Waals surface area contributed by atoms with E-state index in [1.165, 1.54) is 12.1 Å². The maximum absolute atomic E-state index is 10.6. The molecule has 0 aliphatic heterocycles. The first-order valence-electron chi connectivity index (χ1n) is 6.71. The van der Waals surface area contributed by atoms with Gasteiger partial charge in [0.15, 0.2) is 5.16 Å². The number of benzene rings is 1. The lowest BCUT2D eigenvalue weighted by molar-refractivity contribution is -0.384. The van der Waals surface area contributed by atoms with Crippen LogP contribution in [0.25, 0.3) is 0 Å². The number of hydrogen-bond donors (Lipinski definition) is 0. The lowest BCUT2D eigenvalue weighted by atomic mass is 10.1. The quantitative estimate of drug-likeness (QED) is 0.465. The molecule has 2 aromatic rings. The molecular formula is C14H18N4O2S. The molecule has 0 bridgehead atoms. The zero-order chi connectivity index (χ0) is 15.4. The van der Waals surface area contributed by atoms with Crippen LogP contribution in [0.3, 0.4) is 0 Å². The number of nitro benzene ring substituents is 1. The second-order valence-electron chi connectivity index (χ2n) is 5.27. The summed E-state index contributed by atoms with van der Waals surface area (Å²) < 4.78 is 2.01. The van der Waals surface area contributed by atoms with Crippen molar-refractivity contribution in [3.63, 3.8) is 0 Å². The van der Waals surface area contributed by atoms with Crippen LogP contribution in [-0.2, 0) is 19.2 Å². The van der Waals surface area contributed by atoms with E-state index >= 15 is 0 Å². The van der Waals surface area contributed by atoms with E-state index in [9.17, 15) is 10.1 Å². The smallest absolute Gasteiger partial charge is 0.269 e. The lowest BCUT2D eigenvalue weighted by Crippen LogP contribution is -2.03. The molecule has 2 rings (SSSR count). The van der Waals surface area contributed by atoms with Crippen molar-refractivity contribution in [3.8, 4) is 0 Å². The van der Waals surface area contributed by atoms with Crippen LogP contribution in [0.1, 0.15) is 25.2 Å². The van der Waals surface area contributed by atoms with E-state index in [-0.39, 0.29) is 5.69 Å². The minimum Gasteiger partial charge on any atom is -0.309 e. The Morgan fingerprint density at radius 3 is 2.52 bits per heavy atom. The Hall–Kier alpha value is -1.89. The van der Waals surface area contributed by atoms with Crippen molar-refractivity contribution in [1.29, 1.82) is 0 Å². The van der Waals surface area contributed by atoms with Crippen LogP contribution in [0, 0.1) is 16.0 Å². The van der Waals surface area contributed by atoms with Gasteiger partial charge in [-0.2, -0.15) is 0 Å². The summed E-state index contributed by atoms with van der Waals surface area (Å²) in [7, 11) is 1.97. The van der Waals surface area contributed by atoms with Crippen LogP contribution in [0.2, 0.25) is 0 Å². The van der Waals surface area contributed by atoms with Gasteiger partial charge < -0.3 is 4.57 Å². The normalized spacial score (nSPS) is 11.0. The largest absolute Gasteiger partial charge is 0.309 e. The van der Waals surface area contributed by atoms with Crippen LogP contribution in [0.5, 0.6) is 0 Å². The van der Waals surface area contributed by atoms with Gasteiger partial charge in [0.05, 0.1) is 4.92 Å². The Labute approximate surface area is 127 Å². The van der Waals surface area contributed by atoms with Gasteiger partial charge in [-0.05, 0) is 11.5 Å². The predicted molar refractivity (Wildman–Crippen MR) is 82.2 cm³/mol. The summed E-state index contributed by atoms with van der Waals surface area (Å²) in [4.78, 5) is 10.2. The first-order chi connectivity index (χ1) is 9.97. The number of thioether (sulfide) groups is 1. The van der Waals surface area contributed by atoms with Crippen LogP contribution < -0.4 is 0 Å². The fourth-order valence-electron chi connectivity index (χ4n) is 1.88. The predicted octanol–water partition coefficient (Wildman–Crippen LogP) is 3.21. The fourth-order valence-corrected chi connectivity index (χ4v) is 2.76. The number of non-ortho nitro benzene ring substituents is 1. The summed E-state index contributed by atoms with van der Waals surface area (Å²) >= 11 is 1.58. The van der Waals surface area contributed by atoms with Crippen molar-refractivity contribution in [1.82, 2.24) is 14.8 Å². The molecule has 0 saturated heterocycles. The summed E-state index contributed by atoms with van der Waals surface area (Å²) in [5.74, 6) is 2.24. The van der Waals surface area contributed by atoms with Gasteiger partial charge in [-0.3, -0.25) is 10.1 Å². The summed E-state index contributed by atoms with van der Waals surface area (Å²) in [6.45, 7) is 4.30. The van der Waals surface area contributed by atoms with Crippen LogP contribution in [-0.4, -0.2) is 19.7 Å². The minimum atomic E-state index is -0.391. The van der Waals surface area contributed by atoms with E-state index in [0.717, 1.165) is 23.0 Å². The van der Waals surface area contributed by atoms with Crippen LogP contribution >= 0.6 is 11.8 Å². The molecule has 1 aromatic heterocycles. The molecule has 0 spiro atoms. The zero-order valence-corrected chi connectivity index (χ0v) is 13.1. The Morgan fingerprint density at radius 1 is 1.29 bits per heavy atom. The first kappa shape index (κ1) is 15.5. The van der Waals surface area contributed by atoms with Gasteiger partial charge in [0.1, 0.15) is 5.82 Å². The SMILES string of the molecule is CC(C)Cc1nnc(SCc2ccc([N+](=O)[O-])cc2)n1C. The highest BCUT2D eigenvalue weighted by Gasteiger charge is 2.11. The van der Waals surface area contributed by atoms with Crippen molar-refractivity contribution in [3.05, 3.63) is 45.8 Å². The third-order valence-electron chi connectivity index (χ3n) is 3.03. The van der Waals surface area contributed by atoms with Crippen LogP contribution in [0.15, 0.2) is 29.4 Å². The molecule has 1 heterocycles. The maximum atomic E-state index is 10.6. The number of nitrogens with zero attached hydrogens (tertiary/aromatic N) is 4. The van der Waals surface area contributed by atoms with Gasteiger partial charge in [-0.15, -0.1) is 10.2 Å². The van der Waals surface area contributed by atoms with Gasteiger partial charge in [0.2, 0.25) is 0 Å². The summed E-state index contributed by atoms with van der Waals surface area (Å²) in [5.41, 5.74) is 1.14. The van der Waals surface area contributed by atoms with E-state index in [1.807, 2.05) is 11.6 Å². The summed E-state index contributed by atoms with van der Waals surface area (Å²) in [5, 5.41) is 19.9. The molecule has 0 atom stereocenters. The topological polar surface area (TPSA) is 73.8 Å².